The number of hydrogen-bond donors (Lipinski definition) is 0. The number of likely N-dealkylation sites (tertiary alicyclic amines) is 1. The van der Waals surface area contributed by atoms with Gasteiger partial charge in [0.1, 0.15) is 5.82 Å². The van der Waals surface area contributed by atoms with E-state index in [1.165, 1.54) is 28.5 Å². The predicted octanol–water partition coefficient (Wildman–Crippen LogP) is 3.86. The minimum atomic E-state index is 0.533. The van der Waals surface area contributed by atoms with Crippen LogP contribution < -0.4 is 9.80 Å². The monoisotopic (exact) mass is 381 g/mol. The topological polar surface area (TPSA) is 35.5 Å². The van der Waals surface area contributed by atoms with Crippen LogP contribution in [0.5, 0.6) is 0 Å². The van der Waals surface area contributed by atoms with E-state index in [1.807, 2.05) is 42.6 Å². The molecule has 1 aliphatic heterocycles. The summed E-state index contributed by atoms with van der Waals surface area (Å²) in [7, 11) is 6.12. The van der Waals surface area contributed by atoms with Crippen molar-refractivity contribution in [2.75, 3.05) is 44.0 Å². The molecule has 5 nitrogen and oxygen atoms in total. The lowest BCUT2D eigenvalue weighted by molar-refractivity contribution is 0.204. The molecule has 0 N–H and O–H groups in total. The largest absolute Gasteiger partial charge is 0.356 e. The number of thiophene rings is 1. The number of anilines is 2. The van der Waals surface area contributed by atoms with Gasteiger partial charge in [-0.1, -0.05) is 18.2 Å². The molecule has 0 bridgehead atoms. The van der Waals surface area contributed by atoms with Crippen LogP contribution in [-0.2, 0) is 6.54 Å². The lowest BCUT2D eigenvalue weighted by atomic mass is 10.0. The van der Waals surface area contributed by atoms with Crippen LogP contribution in [0, 0.1) is 0 Å². The van der Waals surface area contributed by atoms with Crippen LogP contribution >= 0.6 is 11.3 Å². The number of rotatable bonds is 5. The molecule has 3 aromatic rings. The first kappa shape index (κ1) is 18.2. The average Bonchev–Trinajstić information content (AvgIpc) is 3.11. The van der Waals surface area contributed by atoms with Gasteiger partial charge in [-0.15, -0.1) is 11.3 Å². The van der Waals surface area contributed by atoms with Gasteiger partial charge < -0.3 is 9.80 Å². The van der Waals surface area contributed by atoms with E-state index in [0.29, 0.717) is 6.04 Å². The van der Waals surface area contributed by atoms with Crippen LogP contribution in [0.3, 0.4) is 0 Å². The fourth-order valence-corrected chi connectivity index (χ4v) is 4.75. The SMILES string of the molecule is CN(C)c1nccc(N(C)C2CCN(Cc3csc4ccccc34)CC2)n1. The molecule has 1 aromatic carbocycles. The van der Waals surface area contributed by atoms with Gasteiger partial charge in [0, 0.05) is 57.7 Å². The Morgan fingerprint density at radius 3 is 2.67 bits per heavy atom. The maximum atomic E-state index is 4.69. The quantitative estimate of drug-likeness (QED) is 0.671. The number of aromatic nitrogens is 2. The Labute approximate surface area is 165 Å². The minimum absolute atomic E-state index is 0.533. The number of hydrogen-bond acceptors (Lipinski definition) is 6. The molecule has 0 amide bonds. The molecule has 0 atom stereocenters. The van der Waals surface area contributed by atoms with Gasteiger partial charge in [-0.25, -0.2) is 4.98 Å². The molecule has 2 aromatic heterocycles. The average molecular weight is 382 g/mol. The zero-order valence-corrected chi connectivity index (χ0v) is 17.1. The van der Waals surface area contributed by atoms with E-state index in [0.717, 1.165) is 31.4 Å². The van der Waals surface area contributed by atoms with Gasteiger partial charge in [0.15, 0.2) is 0 Å². The molecule has 6 heteroatoms. The van der Waals surface area contributed by atoms with Crippen LogP contribution in [0.2, 0.25) is 0 Å². The molecule has 1 aliphatic rings. The lowest BCUT2D eigenvalue weighted by Crippen LogP contribution is -2.43. The van der Waals surface area contributed by atoms with Crippen LogP contribution in [0.15, 0.2) is 41.9 Å². The number of benzene rings is 1. The summed E-state index contributed by atoms with van der Waals surface area (Å²) in [5.74, 6) is 1.78. The summed E-state index contributed by atoms with van der Waals surface area (Å²) < 4.78 is 1.39. The smallest absolute Gasteiger partial charge is 0.226 e. The van der Waals surface area contributed by atoms with Crippen molar-refractivity contribution in [2.24, 2.45) is 0 Å². The molecule has 0 unspecified atom stereocenters. The zero-order valence-electron chi connectivity index (χ0n) is 16.3. The fourth-order valence-electron chi connectivity index (χ4n) is 3.80. The zero-order chi connectivity index (χ0) is 18.8. The second-order valence-electron chi connectivity index (χ2n) is 7.48. The van der Waals surface area contributed by atoms with Crippen molar-refractivity contribution < 1.29 is 0 Å². The molecule has 1 saturated heterocycles. The molecule has 0 aliphatic carbocycles. The van der Waals surface area contributed by atoms with Crippen LogP contribution in [0.1, 0.15) is 18.4 Å². The summed E-state index contributed by atoms with van der Waals surface area (Å²) in [5.41, 5.74) is 1.47. The predicted molar refractivity (Wildman–Crippen MR) is 115 cm³/mol. The number of nitrogens with zero attached hydrogens (tertiary/aromatic N) is 5. The van der Waals surface area contributed by atoms with Crippen molar-refractivity contribution in [1.29, 1.82) is 0 Å². The van der Waals surface area contributed by atoms with Gasteiger partial charge in [0.25, 0.3) is 0 Å². The van der Waals surface area contributed by atoms with Crippen LogP contribution in [0.4, 0.5) is 11.8 Å². The van der Waals surface area contributed by atoms with Gasteiger partial charge in [-0.2, -0.15) is 4.98 Å². The molecule has 0 saturated carbocycles. The molecule has 4 rings (SSSR count). The minimum Gasteiger partial charge on any atom is -0.356 e. The van der Waals surface area contributed by atoms with E-state index >= 15 is 0 Å². The third kappa shape index (κ3) is 3.92. The van der Waals surface area contributed by atoms with Gasteiger partial charge in [0.05, 0.1) is 0 Å². The molecular weight excluding hydrogens is 354 g/mol. The van der Waals surface area contributed by atoms with Crippen molar-refractivity contribution in [3.8, 4) is 0 Å². The van der Waals surface area contributed by atoms with Gasteiger partial charge >= 0.3 is 0 Å². The summed E-state index contributed by atoms with van der Waals surface area (Å²) in [5, 5.41) is 3.74. The van der Waals surface area contributed by atoms with Gasteiger partial charge in [-0.3, -0.25) is 4.90 Å². The molecule has 0 spiro atoms. The fraction of sp³-hybridized carbons (Fsp3) is 0.429. The summed E-state index contributed by atoms with van der Waals surface area (Å²) in [6, 6.07) is 11.3. The van der Waals surface area contributed by atoms with Crippen molar-refractivity contribution >= 4 is 33.2 Å². The van der Waals surface area contributed by atoms with Crippen molar-refractivity contribution in [3.63, 3.8) is 0 Å². The van der Waals surface area contributed by atoms with Crippen molar-refractivity contribution in [1.82, 2.24) is 14.9 Å². The summed E-state index contributed by atoms with van der Waals surface area (Å²) in [6.07, 6.45) is 4.19. The first-order valence-corrected chi connectivity index (χ1v) is 10.4. The lowest BCUT2D eigenvalue weighted by Gasteiger charge is -2.37. The van der Waals surface area contributed by atoms with Crippen LogP contribution in [0.25, 0.3) is 10.1 Å². The van der Waals surface area contributed by atoms with E-state index in [4.69, 9.17) is 0 Å². The Morgan fingerprint density at radius 1 is 1.11 bits per heavy atom. The second kappa shape index (κ2) is 7.82. The molecule has 1 fully saturated rings. The second-order valence-corrected chi connectivity index (χ2v) is 8.40. The molecule has 27 heavy (non-hydrogen) atoms. The van der Waals surface area contributed by atoms with Crippen molar-refractivity contribution in [2.45, 2.75) is 25.4 Å². The third-order valence-corrected chi connectivity index (χ3v) is 6.46. The summed E-state index contributed by atoms with van der Waals surface area (Å²) in [4.78, 5) is 15.9. The first-order valence-electron chi connectivity index (χ1n) is 9.52. The number of fused-ring (bicyclic) bond motifs is 1. The Morgan fingerprint density at radius 2 is 1.89 bits per heavy atom. The van der Waals surface area contributed by atoms with Crippen LogP contribution in [-0.4, -0.2) is 55.1 Å². The van der Waals surface area contributed by atoms with E-state index < -0.39 is 0 Å². The van der Waals surface area contributed by atoms with Gasteiger partial charge in [-0.05, 0) is 41.3 Å². The maximum absolute atomic E-state index is 4.69. The highest BCUT2D eigenvalue weighted by Gasteiger charge is 2.24. The van der Waals surface area contributed by atoms with E-state index in [9.17, 15) is 0 Å². The standard InChI is InChI=1S/C21H27N5S/c1-24(2)21-22-11-8-20(23-21)25(3)17-9-12-26(13-10-17)14-16-15-27-19-7-5-4-6-18(16)19/h4-8,11,15,17H,9-10,12-14H2,1-3H3. The summed E-state index contributed by atoms with van der Waals surface area (Å²) >= 11 is 1.86. The van der Waals surface area contributed by atoms with E-state index in [2.05, 4.69) is 56.5 Å². The Balaban J connectivity index is 1.38. The van der Waals surface area contributed by atoms with E-state index in [-0.39, 0.29) is 0 Å². The Hall–Kier alpha value is -2.18. The van der Waals surface area contributed by atoms with E-state index in [1.54, 1.807) is 0 Å². The Bertz CT molecular complexity index is 898. The molecule has 0 radical (unpaired) electrons. The highest BCUT2D eigenvalue weighted by Crippen LogP contribution is 2.28. The Kier molecular flexibility index (Phi) is 5.27. The molecule has 3 heterocycles. The van der Waals surface area contributed by atoms with Crippen molar-refractivity contribution in [3.05, 3.63) is 47.5 Å². The number of piperidine rings is 1. The summed E-state index contributed by atoms with van der Waals surface area (Å²) in [6.45, 7) is 3.31. The normalized spacial score (nSPS) is 16.0. The molecule has 142 valence electrons. The maximum Gasteiger partial charge on any atom is 0.226 e. The third-order valence-electron chi connectivity index (χ3n) is 5.45. The highest BCUT2D eigenvalue weighted by atomic mass is 32.1. The first-order chi connectivity index (χ1) is 13.1. The van der Waals surface area contributed by atoms with Gasteiger partial charge in [0.2, 0.25) is 5.95 Å². The highest BCUT2D eigenvalue weighted by molar-refractivity contribution is 7.17. The molecular formula is C21H27N5S.